The van der Waals surface area contributed by atoms with E-state index in [1.807, 2.05) is 6.07 Å². The van der Waals surface area contributed by atoms with E-state index in [2.05, 4.69) is 0 Å². The van der Waals surface area contributed by atoms with Gasteiger partial charge in [-0.25, -0.2) is 8.78 Å². The first-order chi connectivity index (χ1) is 9.11. The lowest BCUT2D eigenvalue weighted by Gasteiger charge is -2.31. The molecule has 1 aliphatic heterocycles. The summed E-state index contributed by atoms with van der Waals surface area (Å²) in [6.07, 6.45) is -0.262. The smallest absolute Gasteiger partial charge is 0.228 e. The van der Waals surface area contributed by atoms with Gasteiger partial charge in [0, 0.05) is 12.1 Å². The lowest BCUT2D eigenvalue weighted by atomic mass is 10.1. The Morgan fingerprint density at radius 2 is 2.32 bits per heavy atom. The highest BCUT2D eigenvalue weighted by Crippen LogP contribution is 2.14. The number of carbonyl (C=O) groups excluding carboxylic acids is 1. The first-order valence-electron chi connectivity index (χ1n) is 5.82. The van der Waals surface area contributed by atoms with Gasteiger partial charge in [0.1, 0.15) is 17.7 Å². The van der Waals surface area contributed by atoms with Gasteiger partial charge in [-0.05, 0) is 18.2 Å². The van der Waals surface area contributed by atoms with Gasteiger partial charge in [-0.1, -0.05) is 0 Å². The van der Waals surface area contributed by atoms with Crippen molar-refractivity contribution in [3.8, 4) is 6.07 Å². The van der Waals surface area contributed by atoms with E-state index in [1.54, 1.807) is 0 Å². The van der Waals surface area contributed by atoms with Gasteiger partial charge < -0.3 is 9.64 Å². The Hall–Kier alpha value is -2.00. The number of benzene rings is 1. The van der Waals surface area contributed by atoms with E-state index in [9.17, 15) is 13.6 Å². The van der Waals surface area contributed by atoms with Crippen LogP contribution in [0.1, 0.15) is 5.56 Å². The molecule has 1 saturated heterocycles. The van der Waals surface area contributed by atoms with Crippen molar-refractivity contribution in [2.45, 2.75) is 12.5 Å². The first-order valence-corrected chi connectivity index (χ1v) is 5.82. The van der Waals surface area contributed by atoms with Gasteiger partial charge in [-0.2, -0.15) is 5.26 Å². The van der Waals surface area contributed by atoms with E-state index in [-0.39, 0.29) is 25.1 Å². The minimum absolute atomic E-state index is 0.00631. The van der Waals surface area contributed by atoms with Crippen molar-refractivity contribution < 1.29 is 18.3 Å². The molecule has 0 aliphatic carbocycles. The second-order valence-electron chi connectivity index (χ2n) is 4.22. The zero-order chi connectivity index (χ0) is 13.8. The summed E-state index contributed by atoms with van der Waals surface area (Å²) in [5.74, 6) is -1.63. The van der Waals surface area contributed by atoms with Gasteiger partial charge in [0.15, 0.2) is 0 Å². The van der Waals surface area contributed by atoms with E-state index in [4.69, 9.17) is 10.00 Å². The molecule has 0 spiro atoms. The minimum atomic E-state index is -0.669. The van der Waals surface area contributed by atoms with Crippen LogP contribution in [0.4, 0.5) is 8.78 Å². The molecule has 6 heteroatoms. The van der Waals surface area contributed by atoms with E-state index < -0.39 is 23.6 Å². The normalized spacial score (nSPS) is 19.0. The Balaban J connectivity index is 2.12. The van der Waals surface area contributed by atoms with E-state index >= 15 is 0 Å². The molecule has 1 heterocycles. The molecule has 0 radical (unpaired) electrons. The van der Waals surface area contributed by atoms with Crippen LogP contribution >= 0.6 is 0 Å². The number of hydrogen-bond acceptors (Lipinski definition) is 3. The van der Waals surface area contributed by atoms with Crippen LogP contribution in [0.25, 0.3) is 0 Å². The molecule has 0 bridgehead atoms. The summed E-state index contributed by atoms with van der Waals surface area (Å²) < 4.78 is 31.6. The Morgan fingerprint density at radius 3 is 3.05 bits per heavy atom. The Kier molecular flexibility index (Phi) is 4.07. The van der Waals surface area contributed by atoms with Gasteiger partial charge in [-0.3, -0.25) is 4.79 Å². The number of nitrogens with zero attached hydrogens (tertiary/aromatic N) is 2. The number of hydrogen-bond donors (Lipinski definition) is 0. The lowest BCUT2D eigenvalue weighted by Crippen LogP contribution is -2.48. The number of amides is 1. The first kappa shape index (κ1) is 13.4. The molecule has 0 N–H and O–H groups in total. The van der Waals surface area contributed by atoms with Crippen molar-refractivity contribution in [3.63, 3.8) is 0 Å². The average Bonchev–Trinajstić information content (AvgIpc) is 2.42. The average molecular weight is 266 g/mol. The standard InChI is InChI=1S/C13H12F2N2O2/c14-10-1-2-12(15)9(5-10)6-13(18)17-3-4-19-8-11(17)7-16/h1-2,5,11H,3-4,6,8H2. The number of morpholine rings is 1. The monoisotopic (exact) mass is 266 g/mol. The Bertz CT molecular complexity index is 528. The molecule has 1 amide bonds. The van der Waals surface area contributed by atoms with E-state index in [1.165, 1.54) is 4.90 Å². The van der Waals surface area contributed by atoms with Gasteiger partial charge in [0.05, 0.1) is 25.7 Å². The Morgan fingerprint density at radius 1 is 1.53 bits per heavy atom. The fourth-order valence-corrected chi connectivity index (χ4v) is 1.95. The van der Waals surface area contributed by atoms with Gasteiger partial charge in [0.25, 0.3) is 0 Å². The summed E-state index contributed by atoms with van der Waals surface area (Å²) in [5.41, 5.74) is -0.00631. The maximum Gasteiger partial charge on any atom is 0.228 e. The van der Waals surface area contributed by atoms with Crippen molar-refractivity contribution in [2.24, 2.45) is 0 Å². The topological polar surface area (TPSA) is 53.3 Å². The predicted octanol–water partition coefficient (Wildman–Crippen LogP) is 1.26. The largest absolute Gasteiger partial charge is 0.376 e. The number of nitriles is 1. The number of rotatable bonds is 2. The van der Waals surface area contributed by atoms with Crippen molar-refractivity contribution in [1.82, 2.24) is 4.90 Å². The number of carbonyl (C=O) groups is 1. The molecule has 2 rings (SSSR count). The third-order valence-corrected chi connectivity index (χ3v) is 2.95. The van der Waals surface area contributed by atoms with E-state index in [0.717, 1.165) is 18.2 Å². The van der Waals surface area contributed by atoms with Gasteiger partial charge in [-0.15, -0.1) is 0 Å². The van der Waals surface area contributed by atoms with Crippen molar-refractivity contribution in [3.05, 3.63) is 35.4 Å². The summed E-state index contributed by atoms with van der Waals surface area (Å²) in [4.78, 5) is 13.4. The van der Waals surface area contributed by atoms with Crippen LogP contribution in [-0.2, 0) is 16.0 Å². The zero-order valence-electron chi connectivity index (χ0n) is 10.1. The molecule has 1 atom stereocenters. The molecule has 4 nitrogen and oxygen atoms in total. The summed E-state index contributed by atoms with van der Waals surface area (Å²) in [7, 11) is 0. The SMILES string of the molecule is N#CC1COCCN1C(=O)Cc1cc(F)ccc1F. The Labute approximate surface area is 109 Å². The van der Waals surface area contributed by atoms with Crippen LogP contribution in [0, 0.1) is 23.0 Å². The molecule has 1 unspecified atom stereocenters. The molecule has 1 aromatic carbocycles. The van der Waals surface area contributed by atoms with Crippen molar-refractivity contribution >= 4 is 5.91 Å². The fourth-order valence-electron chi connectivity index (χ4n) is 1.95. The van der Waals surface area contributed by atoms with Crippen LogP contribution < -0.4 is 0 Å². The molecule has 1 aliphatic rings. The van der Waals surface area contributed by atoms with Crippen molar-refractivity contribution in [2.75, 3.05) is 19.8 Å². The maximum atomic E-state index is 13.4. The maximum absolute atomic E-state index is 13.4. The van der Waals surface area contributed by atoms with Crippen LogP contribution in [-0.4, -0.2) is 36.6 Å². The molecule has 100 valence electrons. The summed E-state index contributed by atoms with van der Waals surface area (Å²) in [6, 6.07) is 4.27. The quantitative estimate of drug-likeness (QED) is 0.809. The molecular weight excluding hydrogens is 254 g/mol. The molecule has 0 aromatic heterocycles. The number of ether oxygens (including phenoxy) is 1. The van der Waals surface area contributed by atoms with Gasteiger partial charge in [0.2, 0.25) is 5.91 Å². The molecule has 1 fully saturated rings. The van der Waals surface area contributed by atoms with Crippen LogP contribution in [0.15, 0.2) is 18.2 Å². The molecule has 0 saturated carbocycles. The van der Waals surface area contributed by atoms with Crippen LogP contribution in [0.5, 0.6) is 0 Å². The summed E-state index contributed by atoms with van der Waals surface area (Å²) in [6.45, 7) is 0.775. The summed E-state index contributed by atoms with van der Waals surface area (Å²) >= 11 is 0. The molecule has 19 heavy (non-hydrogen) atoms. The second-order valence-corrected chi connectivity index (χ2v) is 4.22. The van der Waals surface area contributed by atoms with Crippen LogP contribution in [0.3, 0.4) is 0 Å². The lowest BCUT2D eigenvalue weighted by molar-refractivity contribution is -0.137. The van der Waals surface area contributed by atoms with E-state index in [0.29, 0.717) is 6.61 Å². The highest BCUT2D eigenvalue weighted by Gasteiger charge is 2.27. The number of halogens is 2. The molecule has 1 aromatic rings. The second kappa shape index (κ2) is 5.76. The predicted molar refractivity (Wildman–Crippen MR) is 62.0 cm³/mol. The minimum Gasteiger partial charge on any atom is -0.376 e. The zero-order valence-corrected chi connectivity index (χ0v) is 10.1. The molecular formula is C13H12F2N2O2. The third kappa shape index (κ3) is 3.06. The van der Waals surface area contributed by atoms with Gasteiger partial charge >= 0.3 is 0 Å². The highest BCUT2D eigenvalue weighted by molar-refractivity contribution is 5.79. The summed E-state index contributed by atoms with van der Waals surface area (Å²) in [5, 5.41) is 8.92. The van der Waals surface area contributed by atoms with Crippen LogP contribution in [0.2, 0.25) is 0 Å². The van der Waals surface area contributed by atoms with Crippen molar-refractivity contribution in [1.29, 1.82) is 5.26 Å². The third-order valence-electron chi connectivity index (χ3n) is 2.95. The fraction of sp³-hybridized carbons (Fsp3) is 0.385. The highest BCUT2D eigenvalue weighted by atomic mass is 19.1.